The van der Waals surface area contributed by atoms with Crippen molar-refractivity contribution in [3.63, 3.8) is 0 Å². The molecule has 6 atom stereocenters. The molecule has 0 saturated heterocycles. The molecule has 7 rings (SSSR count). The van der Waals surface area contributed by atoms with Crippen molar-refractivity contribution < 1.29 is 4.42 Å². The van der Waals surface area contributed by atoms with Gasteiger partial charge in [0.05, 0.1) is 11.7 Å². The minimum Gasteiger partial charge on any atom is -0.440 e. The van der Waals surface area contributed by atoms with Gasteiger partial charge in [0.25, 0.3) is 0 Å². The maximum absolute atomic E-state index is 6.82. The van der Waals surface area contributed by atoms with Crippen LogP contribution in [0.2, 0.25) is 0 Å². The second-order valence-electron chi connectivity index (χ2n) is 14.1. The van der Waals surface area contributed by atoms with Crippen molar-refractivity contribution in [2.45, 2.75) is 85.5 Å². The van der Waals surface area contributed by atoms with Crippen LogP contribution in [0.25, 0.3) is 23.8 Å². The summed E-state index contributed by atoms with van der Waals surface area (Å²) in [6, 6.07) is 9.68. The van der Waals surface area contributed by atoms with Crippen LogP contribution in [-0.2, 0) is 0 Å². The van der Waals surface area contributed by atoms with Crippen molar-refractivity contribution >= 4 is 29.7 Å². The number of allylic oxidation sites excluding steroid dienone is 3. The Morgan fingerprint density at radius 2 is 1.79 bits per heavy atom. The fourth-order valence-electron chi connectivity index (χ4n) is 8.35. The number of anilines is 1. The number of benzene rings is 1. The Hall–Kier alpha value is -3.40. The summed E-state index contributed by atoms with van der Waals surface area (Å²) < 4.78 is 6.82. The highest BCUT2D eigenvalue weighted by Crippen LogP contribution is 2.51. The van der Waals surface area contributed by atoms with Crippen molar-refractivity contribution in [1.82, 2.24) is 9.80 Å². The third-order valence-electron chi connectivity index (χ3n) is 10.4. The molecule has 0 fully saturated rings. The fourth-order valence-corrected chi connectivity index (χ4v) is 8.35. The molecule has 2 aromatic rings. The van der Waals surface area contributed by atoms with Crippen LogP contribution in [0.1, 0.15) is 83.9 Å². The molecule has 5 aliphatic rings. The highest BCUT2D eigenvalue weighted by Gasteiger charge is 2.49. The van der Waals surface area contributed by atoms with Crippen molar-refractivity contribution in [3.8, 4) is 0 Å². The predicted octanol–water partition coefficient (Wildman–Crippen LogP) is 7.32. The van der Waals surface area contributed by atoms with Gasteiger partial charge in [-0.25, -0.2) is 0 Å². The molecule has 42 heavy (non-hydrogen) atoms. The Balaban J connectivity index is 1.49. The smallest absolute Gasteiger partial charge is 0.201 e. The molecule has 2 aliphatic heterocycles. The second-order valence-corrected chi connectivity index (χ2v) is 14.1. The standard InChI is InChI=1S/C38H47N3O/c1-21(2)30-20-26-11-9-10-12-27(26)33(22(3)4)35(30)41-32-19-23(5)13-18-31(32)40(8)38(41)34-24(6)14-16-28-29-17-15-25(7)39-37(29)42-36(28)34/h9-13,15-18,20-25,33,35,38-39H,14,19H2,1-8H3/t23-,24?,25?,33?,35?,38?/m1/s1. The number of rotatable bonds is 4. The fraction of sp³-hybridized carbons (Fsp3) is 0.474. The lowest BCUT2D eigenvalue weighted by Crippen LogP contribution is -2.53. The van der Waals surface area contributed by atoms with Crippen LogP contribution < -0.4 is 16.0 Å². The Morgan fingerprint density at radius 3 is 2.55 bits per heavy atom. The highest BCUT2D eigenvalue weighted by atomic mass is 16.3. The molecule has 1 aromatic carbocycles. The van der Waals surface area contributed by atoms with E-state index in [1.54, 1.807) is 5.57 Å². The van der Waals surface area contributed by atoms with Gasteiger partial charge in [0.1, 0.15) is 11.6 Å². The number of nitrogens with one attached hydrogen (secondary N) is 1. The Morgan fingerprint density at radius 1 is 1.00 bits per heavy atom. The molecule has 4 nitrogen and oxygen atoms in total. The third kappa shape index (κ3) is 4.08. The zero-order valence-corrected chi connectivity index (χ0v) is 26.6. The average molecular weight is 562 g/mol. The largest absolute Gasteiger partial charge is 0.440 e. The quantitative estimate of drug-likeness (QED) is 0.424. The van der Waals surface area contributed by atoms with Crippen molar-refractivity contribution in [1.29, 1.82) is 0 Å². The van der Waals surface area contributed by atoms with Crippen LogP contribution in [-0.4, -0.2) is 35.1 Å². The maximum Gasteiger partial charge on any atom is 0.201 e. The van der Waals surface area contributed by atoms with Crippen LogP contribution in [0.5, 0.6) is 0 Å². The Labute approximate surface area is 251 Å². The number of nitrogens with zero attached hydrogens (tertiary/aromatic N) is 2. The summed E-state index contributed by atoms with van der Waals surface area (Å²) in [6.07, 6.45) is 16.4. The van der Waals surface area contributed by atoms with Crippen LogP contribution in [0, 0.1) is 23.7 Å². The van der Waals surface area contributed by atoms with Crippen molar-refractivity contribution in [3.05, 3.63) is 86.8 Å². The van der Waals surface area contributed by atoms with Gasteiger partial charge in [0.2, 0.25) is 5.88 Å². The molecule has 0 amide bonds. The lowest BCUT2D eigenvalue weighted by molar-refractivity contribution is 0.133. The molecule has 3 aliphatic carbocycles. The van der Waals surface area contributed by atoms with E-state index in [0.717, 1.165) is 24.1 Å². The third-order valence-corrected chi connectivity index (χ3v) is 10.4. The van der Waals surface area contributed by atoms with Gasteiger partial charge >= 0.3 is 0 Å². The molecule has 220 valence electrons. The first-order valence-electron chi connectivity index (χ1n) is 16.2. The van der Waals surface area contributed by atoms with Crippen molar-refractivity contribution in [2.75, 3.05) is 12.4 Å². The topological polar surface area (TPSA) is 31.7 Å². The maximum atomic E-state index is 6.82. The van der Waals surface area contributed by atoms with Crippen LogP contribution in [0.15, 0.2) is 63.9 Å². The van der Waals surface area contributed by atoms with Crippen LogP contribution in [0.3, 0.4) is 0 Å². The van der Waals surface area contributed by atoms with Gasteiger partial charge in [-0.3, -0.25) is 0 Å². The van der Waals surface area contributed by atoms with E-state index < -0.39 is 0 Å². The summed E-state index contributed by atoms with van der Waals surface area (Å²) in [5.74, 6) is 3.15. The van der Waals surface area contributed by atoms with E-state index in [1.807, 2.05) is 0 Å². The monoisotopic (exact) mass is 561 g/mol. The summed E-state index contributed by atoms with van der Waals surface area (Å²) in [5.41, 5.74) is 11.0. The predicted molar refractivity (Wildman–Crippen MR) is 176 cm³/mol. The zero-order chi connectivity index (χ0) is 29.4. The van der Waals surface area contributed by atoms with E-state index in [0.29, 0.717) is 29.6 Å². The number of hydrogen-bond donors (Lipinski definition) is 1. The number of furan rings is 1. The van der Waals surface area contributed by atoms with E-state index >= 15 is 0 Å². The van der Waals surface area contributed by atoms with Gasteiger partial charge in [0.15, 0.2) is 0 Å². The molecule has 5 unspecified atom stereocenters. The molecule has 3 heterocycles. The molecular weight excluding hydrogens is 514 g/mol. The zero-order valence-electron chi connectivity index (χ0n) is 26.6. The molecule has 0 saturated carbocycles. The highest BCUT2D eigenvalue weighted by molar-refractivity contribution is 5.72. The summed E-state index contributed by atoms with van der Waals surface area (Å²) >= 11 is 0. The van der Waals surface area contributed by atoms with Gasteiger partial charge < -0.3 is 19.5 Å². The summed E-state index contributed by atoms with van der Waals surface area (Å²) in [5, 5.41) is 4.86. The van der Waals surface area contributed by atoms with Gasteiger partial charge in [0, 0.05) is 41.1 Å². The molecule has 0 bridgehead atoms. The van der Waals surface area contributed by atoms with E-state index in [1.165, 1.54) is 38.9 Å². The number of fused-ring (bicyclic) bond motifs is 4. The van der Waals surface area contributed by atoms with E-state index in [2.05, 4.69) is 131 Å². The van der Waals surface area contributed by atoms with E-state index in [-0.39, 0.29) is 18.2 Å². The SMILES string of the molecule is CC1C=Cc2c(oc3c2=CCC(C)C=3C2N(C)C3=C(C[C@H](C)C=C3)N2C2C(C(C)C)=Cc3ccccc3C2C(C)C)N1. The lowest BCUT2D eigenvalue weighted by atomic mass is 9.70. The summed E-state index contributed by atoms with van der Waals surface area (Å²) in [6.45, 7) is 16.6. The minimum absolute atomic E-state index is 0.0973. The first kappa shape index (κ1) is 27.4. The number of hydrogen-bond acceptors (Lipinski definition) is 4. The second kappa shape index (κ2) is 10.1. The molecule has 0 spiro atoms. The van der Waals surface area contributed by atoms with Gasteiger partial charge in [-0.05, 0) is 66.2 Å². The molecule has 0 radical (unpaired) electrons. The summed E-state index contributed by atoms with van der Waals surface area (Å²) in [4.78, 5) is 5.44. The minimum atomic E-state index is 0.0973. The first-order chi connectivity index (χ1) is 20.2. The summed E-state index contributed by atoms with van der Waals surface area (Å²) in [7, 11) is 2.32. The molecule has 1 aromatic heterocycles. The molecule has 4 heteroatoms. The molecular formula is C38H47N3O. The number of likely N-dealkylation sites (N-methyl/N-ethyl adjacent to an activating group) is 1. The van der Waals surface area contributed by atoms with E-state index in [4.69, 9.17) is 4.42 Å². The molecule has 1 N–H and O–H groups in total. The Bertz CT molecular complexity index is 1660. The first-order valence-corrected chi connectivity index (χ1v) is 16.2. The van der Waals surface area contributed by atoms with E-state index in [9.17, 15) is 0 Å². The van der Waals surface area contributed by atoms with Crippen LogP contribution >= 0.6 is 0 Å². The lowest BCUT2D eigenvalue weighted by Gasteiger charge is -2.49. The van der Waals surface area contributed by atoms with Crippen molar-refractivity contribution in [2.24, 2.45) is 23.7 Å². The van der Waals surface area contributed by atoms with Crippen LogP contribution in [0.4, 0.5) is 5.88 Å². The van der Waals surface area contributed by atoms with Gasteiger partial charge in [-0.1, -0.05) is 96.2 Å². The normalized spacial score (nSPS) is 29.8. The average Bonchev–Trinajstić information content (AvgIpc) is 3.45. The van der Waals surface area contributed by atoms with Gasteiger partial charge in [-0.2, -0.15) is 0 Å². The van der Waals surface area contributed by atoms with Gasteiger partial charge in [-0.15, -0.1) is 0 Å². The Kier molecular flexibility index (Phi) is 6.60.